The molecule has 0 bridgehead atoms. The van der Waals surface area contributed by atoms with E-state index >= 15 is 0 Å². The van der Waals surface area contributed by atoms with Crippen molar-refractivity contribution >= 4 is 32.4 Å². The molecule has 10 nitrogen and oxygen atoms in total. The second kappa shape index (κ2) is 9.82. The lowest BCUT2D eigenvalue weighted by atomic mass is 10.1. The zero-order chi connectivity index (χ0) is 19.8. The van der Waals surface area contributed by atoms with E-state index in [-0.39, 0.29) is 0 Å². The van der Waals surface area contributed by atoms with Crippen molar-refractivity contribution in [2.24, 2.45) is 14.1 Å². The van der Waals surface area contributed by atoms with Gasteiger partial charge in [0, 0.05) is 5.56 Å². The molecular weight excluding hydrogens is 400 g/mol. The summed E-state index contributed by atoms with van der Waals surface area (Å²) in [5.74, 6) is 0. The maximum atomic E-state index is 9.22. The van der Waals surface area contributed by atoms with Crippen LogP contribution in [0.3, 0.4) is 0 Å². The molecule has 0 saturated carbocycles. The van der Waals surface area contributed by atoms with Gasteiger partial charge < -0.3 is 4.55 Å². The molecule has 2 N–H and O–H groups in total. The van der Waals surface area contributed by atoms with Crippen molar-refractivity contribution in [3.05, 3.63) is 41.6 Å². The van der Waals surface area contributed by atoms with E-state index in [1.54, 1.807) is 0 Å². The minimum absolute atomic E-state index is 0.742. The molecule has 2 rings (SSSR count). The molecule has 13 heteroatoms. The maximum Gasteiger partial charge on any atom is 0.394 e. The monoisotopic (exact) mass is 416 g/mol. The number of halogens is 1. The molecule has 0 unspecified atom stereocenters. The average Bonchev–Trinajstić information content (AvgIpc) is 2.74. The molecule has 1 aromatic carbocycles. The Balaban J connectivity index is 0.000000438. The molecule has 0 amide bonds. The minimum Gasteiger partial charge on any atom is -0.726 e. The van der Waals surface area contributed by atoms with Crippen LogP contribution >= 0.6 is 11.6 Å². The van der Waals surface area contributed by atoms with Crippen LogP contribution in [0.1, 0.15) is 0 Å². The van der Waals surface area contributed by atoms with Crippen molar-refractivity contribution < 1.29 is 39.4 Å². The zero-order valence-corrected chi connectivity index (χ0v) is 15.8. The molecule has 0 aliphatic heterocycles. The molecule has 25 heavy (non-hydrogen) atoms. The van der Waals surface area contributed by atoms with Crippen LogP contribution in [-0.4, -0.2) is 42.3 Å². The van der Waals surface area contributed by atoms with Gasteiger partial charge in [0.25, 0.3) is 0 Å². The third-order valence-electron chi connectivity index (χ3n) is 2.64. The summed E-state index contributed by atoms with van der Waals surface area (Å²) in [7, 11) is -4.34. The van der Waals surface area contributed by atoms with Gasteiger partial charge in [-0.25, -0.2) is 8.42 Å². The molecule has 2 aromatic rings. The highest BCUT2D eigenvalue weighted by molar-refractivity contribution is 7.80. The molecular formula is C12H17ClN2O8S2. The topological polar surface area (TPSA) is 150 Å². The van der Waals surface area contributed by atoms with E-state index in [0.29, 0.717) is 0 Å². The van der Waals surface area contributed by atoms with Gasteiger partial charge in [-0.05, 0) is 12.1 Å². The van der Waals surface area contributed by atoms with Gasteiger partial charge in [-0.3, -0.25) is 13.3 Å². The Bertz CT molecular complexity index is 871. The van der Waals surface area contributed by atoms with Crippen molar-refractivity contribution in [2.45, 2.75) is 0 Å². The third kappa shape index (κ3) is 10.8. The van der Waals surface area contributed by atoms with E-state index in [9.17, 15) is 13.0 Å². The summed E-state index contributed by atoms with van der Waals surface area (Å²) >= 11 is 6.03. The highest BCUT2D eigenvalue weighted by atomic mass is 35.5. The van der Waals surface area contributed by atoms with Crippen LogP contribution in [0.15, 0.2) is 36.4 Å². The lowest BCUT2D eigenvalue weighted by Gasteiger charge is -1.98. The summed E-state index contributed by atoms with van der Waals surface area (Å²) < 4.78 is 66.5. The number of aromatic nitrogens is 2. The van der Waals surface area contributed by atoms with Gasteiger partial charge in [-0.2, -0.15) is 8.42 Å². The first-order valence-electron chi connectivity index (χ1n) is 6.24. The molecule has 0 spiro atoms. The van der Waals surface area contributed by atoms with Crippen molar-refractivity contribution in [1.82, 2.24) is 4.68 Å². The minimum atomic E-state index is -4.67. The Morgan fingerprint density at radius 1 is 1.16 bits per heavy atom. The second-order valence-electron chi connectivity index (χ2n) is 4.29. The molecule has 0 aliphatic carbocycles. The van der Waals surface area contributed by atoms with E-state index in [4.69, 9.17) is 29.1 Å². The van der Waals surface area contributed by atoms with Gasteiger partial charge in [0.15, 0.2) is 12.2 Å². The van der Waals surface area contributed by atoms with E-state index in [1.807, 2.05) is 47.7 Å². The summed E-state index contributed by atoms with van der Waals surface area (Å²) in [5, 5.41) is 0.742. The Morgan fingerprint density at radius 2 is 1.56 bits per heavy atom. The fourth-order valence-corrected chi connectivity index (χ4v) is 1.70. The fourth-order valence-electron chi connectivity index (χ4n) is 1.48. The Morgan fingerprint density at radius 3 is 1.84 bits per heavy atom. The quantitative estimate of drug-likeness (QED) is 0.410. The molecule has 1 heterocycles. The summed E-state index contributed by atoms with van der Waals surface area (Å²) in [6, 6.07) is 12.2. The third-order valence-corrected chi connectivity index (χ3v) is 3.40. The first kappa shape index (κ1) is 23.5. The molecule has 0 saturated heterocycles. The maximum absolute atomic E-state index is 9.22. The van der Waals surface area contributed by atoms with Gasteiger partial charge in [0.1, 0.15) is 0 Å². The van der Waals surface area contributed by atoms with E-state index < -0.39 is 20.8 Å². The van der Waals surface area contributed by atoms with Crippen LogP contribution in [0, 0.1) is 0 Å². The lowest BCUT2D eigenvalue weighted by Crippen LogP contribution is -2.38. The van der Waals surface area contributed by atoms with E-state index in [1.165, 1.54) is 5.56 Å². The predicted octanol–water partition coefficient (Wildman–Crippen LogP) is 0.610. The SMILES string of the molecule is COS(=O)(=O)[O-].Cn1c(Cl)cc(-c2ccccc2)[n+]1C.O=S(=O)(O)O. The highest BCUT2D eigenvalue weighted by Crippen LogP contribution is 2.18. The molecule has 1 aromatic heterocycles. The van der Waals surface area contributed by atoms with Gasteiger partial charge in [0.05, 0.1) is 20.2 Å². The summed E-state index contributed by atoms with van der Waals surface area (Å²) in [6.07, 6.45) is 0. The highest BCUT2D eigenvalue weighted by Gasteiger charge is 2.16. The van der Waals surface area contributed by atoms with E-state index in [0.717, 1.165) is 18.0 Å². The number of hydrogen-bond donors (Lipinski definition) is 2. The van der Waals surface area contributed by atoms with Crippen LogP contribution in [0.25, 0.3) is 11.3 Å². The molecule has 0 radical (unpaired) electrons. The first-order valence-corrected chi connectivity index (χ1v) is 9.35. The summed E-state index contributed by atoms with van der Waals surface area (Å²) in [4.78, 5) is 0. The van der Waals surface area contributed by atoms with Crippen molar-refractivity contribution in [1.29, 1.82) is 0 Å². The van der Waals surface area contributed by atoms with Gasteiger partial charge in [-0.1, -0.05) is 29.8 Å². The number of nitrogens with zero attached hydrogens (tertiary/aromatic N) is 2. The molecule has 0 atom stereocenters. The smallest absolute Gasteiger partial charge is 0.394 e. The van der Waals surface area contributed by atoms with Crippen molar-refractivity contribution in [3.63, 3.8) is 0 Å². The van der Waals surface area contributed by atoms with Gasteiger partial charge >= 0.3 is 10.4 Å². The normalized spacial score (nSPS) is 11.0. The number of hydrogen-bond acceptors (Lipinski definition) is 6. The Kier molecular flexibility index (Phi) is 9.21. The van der Waals surface area contributed by atoms with Crippen molar-refractivity contribution in [3.8, 4) is 11.3 Å². The predicted molar refractivity (Wildman–Crippen MR) is 87.9 cm³/mol. The Hall–Kier alpha value is -1.54. The molecule has 0 fully saturated rings. The van der Waals surface area contributed by atoms with Crippen LogP contribution in [0.4, 0.5) is 0 Å². The van der Waals surface area contributed by atoms with Crippen LogP contribution in [-0.2, 0) is 39.1 Å². The van der Waals surface area contributed by atoms with E-state index in [2.05, 4.69) is 16.3 Å². The second-order valence-corrected chi connectivity index (χ2v) is 6.72. The largest absolute Gasteiger partial charge is 0.726 e. The van der Waals surface area contributed by atoms with Crippen molar-refractivity contribution in [2.75, 3.05) is 7.11 Å². The van der Waals surface area contributed by atoms with Gasteiger partial charge in [0.2, 0.25) is 16.1 Å². The van der Waals surface area contributed by atoms with Gasteiger partial charge in [-0.15, -0.1) is 9.36 Å². The number of benzene rings is 1. The summed E-state index contributed by atoms with van der Waals surface area (Å²) in [5.41, 5.74) is 2.30. The Labute approximate surface area is 150 Å². The lowest BCUT2D eigenvalue weighted by molar-refractivity contribution is -0.741. The number of rotatable bonds is 2. The van der Waals surface area contributed by atoms with Crippen LogP contribution < -0.4 is 4.68 Å². The molecule has 142 valence electrons. The average molecular weight is 417 g/mol. The zero-order valence-electron chi connectivity index (χ0n) is 13.4. The van der Waals surface area contributed by atoms with Crippen LogP contribution in [0.2, 0.25) is 5.15 Å². The standard InChI is InChI=1S/C11H12ClN2.CH4O4S.H2O4S/c1-13-10(8-11(12)14(13)2)9-6-4-3-5-7-9;1-5-6(2,3)4;1-5(2,3)4/h3-8H,1-2H3;1H3,(H,2,3,4);(H2,1,2,3,4)/q+1;;/p-1. The molecule has 0 aliphatic rings. The van der Waals surface area contributed by atoms with Crippen LogP contribution in [0.5, 0.6) is 0 Å². The fraction of sp³-hybridized carbons (Fsp3) is 0.250. The summed E-state index contributed by atoms with van der Waals surface area (Å²) in [6.45, 7) is 0. The first-order chi connectivity index (χ1) is 11.3.